The number of carbonyl (C=O) groups is 1. The SMILES string of the molecule is CCCn1cc(Br)cc1C(=O)NCCC(F)(F)F. The maximum absolute atomic E-state index is 11.9. The molecular formula is C11H14BrF3N2O. The number of halogens is 4. The first-order valence-electron chi connectivity index (χ1n) is 5.54. The number of amides is 1. The van der Waals surface area contributed by atoms with Crippen molar-refractivity contribution in [2.24, 2.45) is 0 Å². The van der Waals surface area contributed by atoms with Crippen molar-refractivity contribution < 1.29 is 18.0 Å². The van der Waals surface area contributed by atoms with Crippen LogP contribution in [0.15, 0.2) is 16.7 Å². The highest BCUT2D eigenvalue weighted by Crippen LogP contribution is 2.19. The lowest BCUT2D eigenvalue weighted by atomic mass is 10.3. The maximum atomic E-state index is 11.9. The Morgan fingerprint density at radius 3 is 2.72 bits per heavy atom. The quantitative estimate of drug-likeness (QED) is 0.884. The van der Waals surface area contributed by atoms with Gasteiger partial charge in [-0.15, -0.1) is 0 Å². The van der Waals surface area contributed by atoms with E-state index in [0.29, 0.717) is 12.2 Å². The van der Waals surface area contributed by atoms with E-state index in [1.165, 1.54) is 0 Å². The summed E-state index contributed by atoms with van der Waals surface area (Å²) in [7, 11) is 0. The first-order valence-corrected chi connectivity index (χ1v) is 6.33. The molecule has 0 aliphatic heterocycles. The molecule has 18 heavy (non-hydrogen) atoms. The van der Waals surface area contributed by atoms with Gasteiger partial charge in [-0.1, -0.05) is 6.92 Å². The third kappa shape index (κ3) is 4.72. The largest absolute Gasteiger partial charge is 0.390 e. The highest BCUT2D eigenvalue weighted by atomic mass is 79.9. The van der Waals surface area contributed by atoms with Crippen molar-refractivity contribution in [1.82, 2.24) is 9.88 Å². The summed E-state index contributed by atoms with van der Waals surface area (Å²) in [5.41, 5.74) is 0.367. The molecule has 3 nitrogen and oxygen atoms in total. The lowest BCUT2D eigenvalue weighted by Gasteiger charge is -2.09. The molecule has 1 aromatic heterocycles. The first-order chi connectivity index (χ1) is 8.33. The van der Waals surface area contributed by atoms with Gasteiger partial charge in [0.15, 0.2) is 0 Å². The molecule has 1 amide bonds. The van der Waals surface area contributed by atoms with Crippen molar-refractivity contribution in [3.63, 3.8) is 0 Å². The van der Waals surface area contributed by atoms with E-state index in [1.54, 1.807) is 16.8 Å². The van der Waals surface area contributed by atoms with E-state index in [4.69, 9.17) is 0 Å². The van der Waals surface area contributed by atoms with Crippen LogP contribution in [0.2, 0.25) is 0 Å². The second-order valence-corrected chi connectivity index (χ2v) is 4.77. The lowest BCUT2D eigenvalue weighted by Crippen LogP contribution is -2.29. The van der Waals surface area contributed by atoms with Crippen LogP contribution in [0.25, 0.3) is 0 Å². The van der Waals surface area contributed by atoms with Gasteiger partial charge < -0.3 is 9.88 Å². The van der Waals surface area contributed by atoms with Crippen LogP contribution in [0.1, 0.15) is 30.3 Å². The molecule has 1 aromatic rings. The van der Waals surface area contributed by atoms with Gasteiger partial charge in [-0.2, -0.15) is 13.2 Å². The zero-order valence-corrected chi connectivity index (χ0v) is 11.4. The van der Waals surface area contributed by atoms with Crippen LogP contribution in [0.4, 0.5) is 13.2 Å². The number of hydrogen-bond acceptors (Lipinski definition) is 1. The summed E-state index contributed by atoms with van der Waals surface area (Å²) < 4.78 is 38.3. The van der Waals surface area contributed by atoms with Crippen LogP contribution in [-0.2, 0) is 6.54 Å². The minimum atomic E-state index is -4.25. The second kappa shape index (κ2) is 6.26. The third-order valence-corrected chi connectivity index (χ3v) is 2.69. The smallest absolute Gasteiger partial charge is 0.350 e. The van der Waals surface area contributed by atoms with E-state index >= 15 is 0 Å². The predicted molar refractivity (Wildman–Crippen MR) is 65.4 cm³/mol. The molecule has 0 atom stereocenters. The Hall–Kier alpha value is -0.980. The fourth-order valence-electron chi connectivity index (χ4n) is 1.50. The van der Waals surface area contributed by atoms with Gasteiger partial charge in [-0.3, -0.25) is 4.79 Å². The molecule has 0 bridgehead atoms. The molecule has 0 radical (unpaired) electrons. The number of nitrogens with zero attached hydrogens (tertiary/aromatic N) is 1. The van der Waals surface area contributed by atoms with Crippen molar-refractivity contribution in [2.45, 2.75) is 32.5 Å². The number of nitrogens with one attached hydrogen (secondary N) is 1. The molecule has 0 aliphatic rings. The first kappa shape index (κ1) is 15.1. The summed E-state index contributed by atoms with van der Waals surface area (Å²) in [6.07, 6.45) is -2.69. The highest BCUT2D eigenvalue weighted by Gasteiger charge is 2.26. The Balaban J connectivity index is 2.61. The van der Waals surface area contributed by atoms with E-state index in [1.807, 2.05) is 6.92 Å². The van der Waals surface area contributed by atoms with Gasteiger partial charge in [-0.05, 0) is 28.4 Å². The van der Waals surface area contributed by atoms with Crippen molar-refractivity contribution in [3.8, 4) is 0 Å². The third-order valence-electron chi connectivity index (χ3n) is 2.25. The average Bonchev–Trinajstić information content (AvgIpc) is 2.58. The van der Waals surface area contributed by atoms with Crippen LogP contribution in [-0.4, -0.2) is 23.2 Å². The molecule has 1 heterocycles. The summed E-state index contributed by atoms with van der Waals surface area (Å²) in [6.45, 7) is 2.20. The van der Waals surface area contributed by atoms with Gasteiger partial charge in [0.25, 0.3) is 5.91 Å². The van der Waals surface area contributed by atoms with Crippen LogP contribution >= 0.6 is 15.9 Å². The van der Waals surface area contributed by atoms with Crippen molar-refractivity contribution in [1.29, 1.82) is 0 Å². The number of aryl methyl sites for hydroxylation is 1. The van der Waals surface area contributed by atoms with Crippen molar-refractivity contribution in [2.75, 3.05) is 6.54 Å². The molecule has 7 heteroatoms. The molecule has 0 saturated heterocycles. The summed E-state index contributed by atoms with van der Waals surface area (Å²) in [5.74, 6) is -0.488. The Kier molecular flexibility index (Phi) is 5.25. The normalized spacial score (nSPS) is 11.6. The number of aromatic nitrogens is 1. The summed E-state index contributed by atoms with van der Waals surface area (Å²) in [6, 6.07) is 1.60. The summed E-state index contributed by atoms with van der Waals surface area (Å²) >= 11 is 3.24. The van der Waals surface area contributed by atoms with Crippen LogP contribution in [0.3, 0.4) is 0 Å². The maximum Gasteiger partial charge on any atom is 0.390 e. The Bertz CT molecular complexity index is 415. The fraction of sp³-hybridized carbons (Fsp3) is 0.545. The van der Waals surface area contributed by atoms with E-state index in [0.717, 1.165) is 10.9 Å². The van der Waals surface area contributed by atoms with Crippen molar-refractivity contribution >= 4 is 21.8 Å². The van der Waals surface area contributed by atoms with Gasteiger partial charge in [-0.25, -0.2) is 0 Å². The van der Waals surface area contributed by atoms with Gasteiger partial charge >= 0.3 is 6.18 Å². The molecule has 1 rings (SSSR count). The molecule has 102 valence electrons. The van der Waals surface area contributed by atoms with Crippen LogP contribution in [0.5, 0.6) is 0 Å². The van der Waals surface area contributed by atoms with Gasteiger partial charge in [0.05, 0.1) is 6.42 Å². The predicted octanol–water partition coefficient (Wildman–Crippen LogP) is 3.34. The molecule has 0 saturated carbocycles. The molecule has 0 aliphatic carbocycles. The van der Waals surface area contributed by atoms with Gasteiger partial charge in [0.1, 0.15) is 5.69 Å². The van der Waals surface area contributed by atoms with E-state index in [9.17, 15) is 18.0 Å². The summed E-state index contributed by atoms with van der Waals surface area (Å²) in [5, 5.41) is 2.27. The average molecular weight is 327 g/mol. The topological polar surface area (TPSA) is 34.0 Å². The molecular weight excluding hydrogens is 313 g/mol. The molecule has 0 spiro atoms. The van der Waals surface area contributed by atoms with Crippen molar-refractivity contribution in [3.05, 3.63) is 22.4 Å². The standard InChI is InChI=1S/C11H14BrF3N2O/c1-2-5-17-7-8(12)6-9(17)10(18)16-4-3-11(13,14)15/h6-7H,2-5H2,1H3,(H,16,18). The minimum Gasteiger partial charge on any atom is -0.350 e. The van der Waals surface area contributed by atoms with Gasteiger partial charge in [0.2, 0.25) is 0 Å². The minimum absolute atomic E-state index is 0.367. The molecule has 1 N–H and O–H groups in total. The Morgan fingerprint density at radius 2 is 2.17 bits per heavy atom. The molecule has 0 aromatic carbocycles. The van der Waals surface area contributed by atoms with Crippen LogP contribution in [0, 0.1) is 0 Å². The Morgan fingerprint density at radius 1 is 1.50 bits per heavy atom. The second-order valence-electron chi connectivity index (χ2n) is 3.86. The number of hydrogen-bond donors (Lipinski definition) is 1. The van der Waals surface area contributed by atoms with Crippen LogP contribution < -0.4 is 5.32 Å². The fourth-order valence-corrected chi connectivity index (χ4v) is 1.96. The highest BCUT2D eigenvalue weighted by molar-refractivity contribution is 9.10. The monoisotopic (exact) mass is 326 g/mol. The summed E-state index contributed by atoms with van der Waals surface area (Å²) in [4.78, 5) is 11.7. The van der Waals surface area contributed by atoms with E-state index in [-0.39, 0.29) is 0 Å². The zero-order chi connectivity index (χ0) is 13.8. The van der Waals surface area contributed by atoms with E-state index in [2.05, 4.69) is 21.2 Å². The number of rotatable bonds is 5. The number of carbonyl (C=O) groups excluding carboxylic acids is 1. The molecule has 0 fully saturated rings. The zero-order valence-electron chi connectivity index (χ0n) is 9.85. The Labute approximate surface area is 111 Å². The lowest BCUT2D eigenvalue weighted by molar-refractivity contribution is -0.132. The molecule has 0 unspecified atom stereocenters. The van der Waals surface area contributed by atoms with E-state index < -0.39 is 25.0 Å². The number of alkyl halides is 3. The van der Waals surface area contributed by atoms with Gasteiger partial charge in [0, 0.05) is 23.8 Å².